The number of nitro groups is 1. The standard InChI is InChI=1S/C11H11N3O4/c1-18-11(15)9(13)5-8-3-2-7(6-12)4-10(8)14(16)17/h2-4,9H,5,13H2,1H3/t9-/m0/s1. The molecule has 1 aromatic rings. The van der Waals surface area contributed by atoms with Crippen molar-refractivity contribution in [2.75, 3.05) is 7.11 Å². The van der Waals surface area contributed by atoms with E-state index in [1.54, 1.807) is 0 Å². The molecule has 1 aromatic carbocycles. The Balaban J connectivity index is 3.06. The molecule has 7 nitrogen and oxygen atoms in total. The number of benzene rings is 1. The number of esters is 1. The van der Waals surface area contributed by atoms with Gasteiger partial charge in [0.2, 0.25) is 0 Å². The molecule has 7 heteroatoms. The zero-order valence-corrected chi connectivity index (χ0v) is 9.62. The van der Waals surface area contributed by atoms with E-state index in [-0.39, 0.29) is 23.2 Å². The maximum atomic E-state index is 11.2. The molecule has 0 bridgehead atoms. The van der Waals surface area contributed by atoms with Gasteiger partial charge in [-0.2, -0.15) is 5.26 Å². The van der Waals surface area contributed by atoms with Crippen LogP contribution in [0.1, 0.15) is 11.1 Å². The Morgan fingerprint density at radius 2 is 2.33 bits per heavy atom. The van der Waals surface area contributed by atoms with Gasteiger partial charge in [-0.25, -0.2) is 0 Å². The third kappa shape index (κ3) is 3.02. The van der Waals surface area contributed by atoms with Crippen LogP contribution in [0.15, 0.2) is 18.2 Å². The lowest BCUT2D eigenvalue weighted by atomic mass is 10.0. The van der Waals surface area contributed by atoms with Gasteiger partial charge in [0.25, 0.3) is 5.69 Å². The molecule has 2 N–H and O–H groups in total. The van der Waals surface area contributed by atoms with Crippen molar-refractivity contribution in [2.45, 2.75) is 12.5 Å². The maximum Gasteiger partial charge on any atom is 0.322 e. The second kappa shape index (κ2) is 5.75. The first-order valence-corrected chi connectivity index (χ1v) is 5.00. The summed E-state index contributed by atoms with van der Waals surface area (Å²) in [5, 5.41) is 19.5. The zero-order chi connectivity index (χ0) is 13.7. The molecule has 0 radical (unpaired) electrons. The molecule has 0 saturated heterocycles. The van der Waals surface area contributed by atoms with Crippen molar-refractivity contribution < 1.29 is 14.5 Å². The maximum absolute atomic E-state index is 11.2. The van der Waals surface area contributed by atoms with E-state index in [1.165, 1.54) is 19.2 Å². The first-order valence-electron chi connectivity index (χ1n) is 5.00. The second-order valence-corrected chi connectivity index (χ2v) is 3.55. The van der Waals surface area contributed by atoms with Crippen molar-refractivity contribution in [3.05, 3.63) is 39.4 Å². The van der Waals surface area contributed by atoms with Crippen LogP contribution in [0, 0.1) is 21.4 Å². The summed E-state index contributed by atoms with van der Waals surface area (Å²) in [7, 11) is 1.19. The second-order valence-electron chi connectivity index (χ2n) is 3.55. The van der Waals surface area contributed by atoms with Crippen LogP contribution in [0.4, 0.5) is 5.69 Å². The van der Waals surface area contributed by atoms with Crippen LogP contribution in [-0.2, 0) is 16.0 Å². The predicted octanol–water partition coefficient (Wildman–Crippen LogP) is 0.509. The fourth-order valence-corrected chi connectivity index (χ4v) is 1.45. The number of carbonyl (C=O) groups excluding carboxylic acids is 1. The molecule has 94 valence electrons. The largest absolute Gasteiger partial charge is 0.468 e. The molecule has 0 aromatic heterocycles. The van der Waals surface area contributed by atoms with Crippen LogP contribution in [0.2, 0.25) is 0 Å². The Morgan fingerprint density at radius 1 is 1.67 bits per heavy atom. The molecule has 0 unspecified atom stereocenters. The molecule has 0 heterocycles. The van der Waals surface area contributed by atoms with Crippen LogP contribution in [0.5, 0.6) is 0 Å². The summed E-state index contributed by atoms with van der Waals surface area (Å²) in [5.41, 5.74) is 5.78. The van der Waals surface area contributed by atoms with Gasteiger partial charge in [0.05, 0.1) is 23.7 Å². The first kappa shape index (κ1) is 13.6. The number of nitrogens with zero attached hydrogens (tertiary/aromatic N) is 2. The third-order valence-corrected chi connectivity index (χ3v) is 2.35. The highest BCUT2D eigenvalue weighted by molar-refractivity contribution is 5.76. The van der Waals surface area contributed by atoms with E-state index in [0.717, 1.165) is 6.07 Å². The van der Waals surface area contributed by atoms with Gasteiger partial charge in [-0.3, -0.25) is 14.9 Å². The number of hydrogen-bond donors (Lipinski definition) is 1. The number of nitriles is 1. The van der Waals surface area contributed by atoms with Crippen molar-refractivity contribution >= 4 is 11.7 Å². The lowest BCUT2D eigenvalue weighted by Crippen LogP contribution is -2.33. The van der Waals surface area contributed by atoms with Crippen LogP contribution < -0.4 is 5.73 Å². The fourth-order valence-electron chi connectivity index (χ4n) is 1.45. The van der Waals surface area contributed by atoms with Crippen molar-refractivity contribution in [3.63, 3.8) is 0 Å². The summed E-state index contributed by atoms with van der Waals surface area (Å²) in [6.07, 6.45) is -0.0192. The van der Waals surface area contributed by atoms with Crippen molar-refractivity contribution in [2.24, 2.45) is 5.73 Å². The molecular weight excluding hydrogens is 238 g/mol. The topological polar surface area (TPSA) is 119 Å². The highest BCUT2D eigenvalue weighted by Gasteiger charge is 2.21. The van der Waals surface area contributed by atoms with E-state index in [9.17, 15) is 14.9 Å². The molecule has 18 heavy (non-hydrogen) atoms. The number of nitro benzene ring substituents is 1. The molecular formula is C11H11N3O4. The predicted molar refractivity (Wildman–Crippen MR) is 61.5 cm³/mol. The Bertz CT molecular complexity index is 522. The van der Waals surface area contributed by atoms with Crippen molar-refractivity contribution in [1.82, 2.24) is 0 Å². The third-order valence-electron chi connectivity index (χ3n) is 2.35. The molecule has 0 amide bonds. The minimum Gasteiger partial charge on any atom is -0.468 e. The number of hydrogen-bond acceptors (Lipinski definition) is 6. The van der Waals surface area contributed by atoms with Crippen LogP contribution >= 0.6 is 0 Å². The Kier molecular flexibility index (Phi) is 4.34. The summed E-state index contributed by atoms with van der Waals surface area (Å²) in [5.74, 6) is -0.645. The highest BCUT2D eigenvalue weighted by Crippen LogP contribution is 2.21. The van der Waals surface area contributed by atoms with E-state index < -0.39 is 16.9 Å². The van der Waals surface area contributed by atoms with Crippen molar-refractivity contribution in [3.8, 4) is 6.07 Å². The Labute approximate surface area is 103 Å². The normalized spacial score (nSPS) is 11.4. The SMILES string of the molecule is COC(=O)[C@@H](N)Cc1ccc(C#N)cc1[N+](=O)[O-]. The van der Waals surface area contributed by atoms with Gasteiger partial charge in [0, 0.05) is 18.1 Å². The number of carbonyl (C=O) groups is 1. The minimum atomic E-state index is -0.971. The van der Waals surface area contributed by atoms with Crippen LogP contribution in [0.25, 0.3) is 0 Å². The first-order chi connectivity index (χ1) is 8.49. The van der Waals surface area contributed by atoms with Gasteiger partial charge in [-0.15, -0.1) is 0 Å². The van der Waals surface area contributed by atoms with E-state index in [1.807, 2.05) is 6.07 Å². The van der Waals surface area contributed by atoms with E-state index in [2.05, 4.69) is 4.74 Å². The number of nitrogens with two attached hydrogens (primary N) is 1. The minimum absolute atomic E-state index is 0.0192. The zero-order valence-electron chi connectivity index (χ0n) is 9.62. The Hall–Kier alpha value is -2.46. The average Bonchev–Trinajstić information content (AvgIpc) is 2.37. The summed E-state index contributed by atoms with van der Waals surface area (Å²) in [6, 6.07) is 4.84. The molecule has 0 fully saturated rings. The van der Waals surface area contributed by atoms with Gasteiger partial charge in [0.1, 0.15) is 6.04 Å². The molecule has 0 saturated carbocycles. The smallest absolute Gasteiger partial charge is 0.322 e. The van der Waals surface area contributed by atoms with Gasteiger partial charge in [0.15, 0.2) is 0 Å². The molecule has 0 aliphatic heterocycles. The highest BCUT2D eigenvalue weighted by atomic mass is 16.6. The summed E-state index contributed by atoms with van der Waals surface area (Å²) >= 11 is 0. The molecule has 0 aliphatic carbocycles. The number of rotatable bonds is 4. The molecule has 1 rings (SSSR count). The number of methoxy groups -OCH3 is 1. The quantitative estimate of drug-likeness (QED) is 0.471. The van der Waals surface area contributed by atoms with Crippen LogP contribution in [-0.4, -0.2) is 24.0 Å². The molecule has 0 aliphatic rings. The molecule has 1 atom stereocenters. The van der Waals surface area contributed by atoms with Crippen molar-refractivity contribution in [1.29, 1.82) is 5.26 Å². The monoisotopic (exact) mass is 249 g/mol. The van der Waals surface area contributed by atoms with E-state index in [0.29, 0.717) is 0 Å². The van der Waals surface area contributed by atoms with Gasteiger partial charge in [-0.05, 0) is 6.07 Å². The fraction of sp³-hybridized carbons (Fsp3) is 0.273. The Morgan fingerprint density at radius 3 is 2.83 bits per heavy atom. The van der Waals surface area contributed by atoms with E-state index >= 15 is 0 Å². The lowest BCUT2D eigenvalue weighted by molar-refractivity contribution is -0.385. The summed E-state index contributed by atoms with van der Waals surface area (Å²) < 4.78 is 4.44. The van der Waals surface area contributed by atoms with Gasteiger partial charge < -0.3 is 10.5 Å². The van der Waals surface area contributed by atoms with Gasteiger partial charge in [-0.1, -0.05) is 6.07 Å². The van der Waals surface area contributed by atoms with E-state index in [4.69, 9.17) is 11.0 Å². The number of ether oxygens (including phenoxy) is 1. The summed E-state index contributed by atoms with van der Waals surface area (Å²) in [4.78, 5) is 21.4. The molecule has 0 spiro atoms. The summed E-state index contributed by atoms with van der Waals surface area (Å²) in [6.45, 7) is 0. The lowest BCUT2D eigenvalue weighted by Gasteiger charge is -2.09. The van der Waals surface area contributed by atoms with Gasteiger partial charge >= 0.3 is 5.97 Å². The van der Waals surface area contributed by atoms with Crippen LogP contribution in [0.3, 0.4) is 0 Å². The average molecular weight is 249 g/mol.